The van der Waals surface area contributed by atoms with Crippen LogP contribution in [0.4, 0.5) is 0 Å². The first kappa shape index (κ1) is 11.4. The summed E-state index contributed by atoms with van der Waals surface area (Å²) in [6.07, 6.45) is 4.16. The van der Waals surface area contributed by atoms with Crippen molar-refractivity contribution in [3.05, 3.63) is 30.1 Å². The van der Waals surface area contributed by atoms with Gasteiger partial charge in [0, 0.05) is 24.9 Å². The Kier molecular flexibility index (Phi) is 4.32. The van der Waals surface area contributed by atoms with Gasteiger partial charge in [0.25, 0.3) is 0 Å². The first-order valence-electron chi connectivity index (χ1n) is 4.66. The average molecular weight is 215 g/mol. The molecule has 0 spiro atoms. The van der Waals surface area contributed by atoms with Crippen molar-refractivity contribution in [3.63, 3.8) is 0 Å². The number of rotatable bonds is 2. The smallest absolute Gasteiger partial charge is 0.0845 e. The molecule has 0 aliphatic carbocycles. The van der Waals surface area contributed by atoms with E-state index >= 15 is 0 Å². The van der Waals surface area contributed by atoms with E-state index in [4.69, 9.17) is 0 Å². The molecular formula is C10H15ClN2O. The van der Waals surface area contributed by atoms with Gasteiger partial charge in [-0.05, 0) is 24.6 Å². The maximum atomic E-state index is 9.94. The van der Waals surface area contributed by atoms with Gasteiger partial charge in [-0.3, -0.25) is 4.98 Å². The minimum Gasteiger partial charge on any atom is -0.388 e. The lowest BCUT2D eigenvalue weighted by Gasteiger charge is -2.16. The predicted molar refractivity (Wildman–Crippen MR) is 57.4 cm³/mol. The standard InChI is InChI=1S/C10H14N2O.ClH/c13-10(9-3-5-12-7-9)8-2-1-4-11-6-8;/h1-2,4,6,9-10,12-13H,3,5,7H2;1H. The predicted octanol–water partition coefficient (Wildman–Crippen LogP) is 1.15. The van der Waals surface area contributed by atoms with Gasteiger partial charge in [-0.25, -0.2) is 0 Å². The van der Waals surface area contributed by atoms with Crippen LogP contribution >= 0.6 is 12.4 Å². The van der Waals surface area contributed by atoms with E-state index in [9.17, 15) is 5.11 Å². The molecule has 1 fully saturated rings. The normalized spacial score (nSPS) is 22.8. The van der Waals surface area contributed by atoms with Gasteiger partial charge in [0.1, 0.15) is 0 Å². The molecule has 1 aromatic heterocycles. The van der Waals surface area contributed by atoms with Crippen molar-refractivity contribution in [3.8, 4) is 0 Å². The Bertz CT molecular complexity index is 262. The minimum atomic E-state index is -0.358. The van der Waals surface area contributed by atoms with Crippen LogP contribution in [0, 0.1) is 5.92 Å². The van der Waals surface area contributed by atoms with Crippen LogP contribution in [0.1, 0.15) is 18.1 Å². The summed E-state index contributed by atoms with van der Waals surface area (Å²) in [4.78, 5) is 4.00. The van der Waals surface area contributed by atoms with Crippen molar-refractivity contribution >= 4 is 12.4 Å². The first-order valence-corrected chi connectivity index (χ1v) is 4.66. The Labute approximate surface area is 90.0 Å². The van der Waals surface area contributed by atoms with Crippen molar-refractivity contribution in [1.29, 1.82) is 0 Å². The second kappa shape index (κ2) is 5.29. The zero-order valence-electron chi connectivity index (χ0n) is 7.89. The molecule has 1 aliphatic rings. The van der Waals surface area contributed by atoms with E-state index in [2.05, 4.69) is 10.3 Å². The molecule has 0 radical (unpaired) electrons. The number of hydrogen-bond acceptors (Lipinski definition) is 3. The van der Waals surface area contributed by atoms with Crippen LogP contribution in [0.15, 0.2) is 24.5 Å². The number of pyridine rings is 1. The zero-order valence-corrected chi connectivity index (χ0v) is 8.70. The maximum Gasteiger partial charge on any atom is 0.0845 e. The van der Waals surface area contributed by atoms with Gasteiger partial charge in [0.05, 0.1) is 6.10 Å². The first-order chi connectivity index (χ1) is 6.38. The summed E-state index contributed by atoms with van der Waals surface area (Å²) in [5.74, 6) is 0.351. The molecule has 4 heteroatoms. The Morgan fingerprint density at radius 3 is 3.00 bits per heavy atom. The largest absolute Gasteiger partial charge is 0.388 e. The van der Waals surface area contributed by atoms with Gasteiger partial charge in [-0.1, -0.05) is 6.07 Å². The Morgan fingerprint density at radius 2 is 2.43 bits per heavy atom. The third kappa shape index (κ3) is 2.44. The summed E-state index contributed by atoms with van der Waals surface area (Å²) in [5.41, 5.74) is 0.927. The van der Waals surface area contributed by atoms with Crippen molar-refractivity contribution in [2.75, 3.05) is 13.1 Å². The molecule has 2 rings (SSSR count). The van der Waals surface area contributed by atoms with Gasteiger partial charge in [-0.15, -0.1) is 12.4 Å². The lowest BCUT2D eigenvalue weighted by atomic mass is 9.96. The van der Waals surface area contributed by atoms with Crippen LogP contribution < -0.4 is 5.32 Å². The summed E-state index contributed by atoms with van der Waals surface area (Å²) in [6, 6.07) is 3.79. The molecule has 0 bridgehead atoms. The van der Waals surface area contributed by atoms with Crippen molar-refractivity contribution in [2.24, 2.45) is 5.92 Å². The number of aliphatic hydroxyl groups is 1. The van der Waals surface area contributed by atoms with Crippen LogP contribution in [0.5, 0.6) is 0 Å². The van der Waals surface area contributed by atoms with Crippen molar-refractivity contribution in [1.82, 2.24) is 10.3 Å². The van der Waals surface area contributed by atoms with Crippen LogP contribution in [-0.2, 0) is 0 Å². The molecule has 78 valence electrons. The molecule has 1 aliphatic heterocycles. The number of halogens is 1. The number of aliphatic hydroxyl groups excluding tert-OH is 1. The van der Waals surface area contributed by atoms with Gasteiger partial charge in [-0.2, -0.15) is 0 Å². The second-order valence-electron chi connectivity index (χ2n) is 3.48. The van der Waals surface area contributed by atoms with Crippen LogP contribution in [0.25, 0.3) is 0 Å². The fraction of sp³-hybridized carbons (Fsp3) is 0.500. The maximum absolute atomic E-state index is 9.94. The quantitative estimate of drug-likeness (QED) is 0.777. The van der Waals surface area contributed by atoms with E-state index in [1.54, 1.807) is 12.4 Å². The van der Waals surface area contributed by atoms with Crippen LogP contribution in [-0.4, -0.2) is 23.2 Å². The Hall–Kier alpha value is -0.640. The molecule has 0 saturated carbocycles. The highest BCUT2D eigenvalue weighted by Crippen LogP contribution is 2.25. The van der Waals surface area contributed by atoms with Gasteiger partial charge >= 0.3 is 0 Å². The average Bonchev–Trinajstić information content (AvgIpc) is 2.71. The molecule has 1 aromatic rings. The number of hydrogen-bond donors (Lipinski definition) is 2. The van der Waals surface area contributed by atoms with E-state index in [1.165, 1.54) is 0 Å². The minimum absolute atomic E-state index is 0. The van der Waals surface area contributed by atoms with E-state index in [0.717, 1.165) is 25.1 Å². The van der Waals surface area contributed by atoms with Crippen LogP contribution in [0.2, 0.25) is 0 Å². The molecule has 2 N–H and O–H groups in total. The topological polar surface area (TPSA) is 45.2 Å². The monoisotopic (exact) mass is 214 g/mol. The summed E-state index contributed by atoms with van der Waals surface area (Å²) in [6.45, 7) is 1.93. The third-order valence-corrected chi connectivity index (χ3v) is 2.57. The summed E-state index contributed by atoms with van der Waals surface area (Å²) >= 11 is 0. The molecule has 1 saturated heterocycles. The van der Waals surface area contributed by atoms with Crippen molar-refractivity contribution in [2.45, 2.75) is 12.5 Å². The third-order valence-electron chi connectivity index (χ3n) is 2.57. The highest BCUT2D eigenvalue weighted by atomic mass is 35.5. The number of nitrogens with zero attached hydrogens (tertiary/aromatic N) is 1. The van der Waals surface area contributed by atoms with Crippen molar-refractivity contribution < 1.29 is 5.11 Å². The molecule has 0 amide bonds. The molecule has 14 heavy (non-hydrogen) atoms. The Balaban J connectivity index is 0.000000980. The van der Waals surface area contributed by atoms with Crippen LogP contribution in [0.3, 0.4) is 0 Å². The molecule has 2 heterocycles. The Morgan fingerprint density at radius 1 is 1.57 bits per heavy atom. The highest BCUT2D eigenvalue weighted by molar-refractivity contribution is 5.85. The number of nitrogens with one attached hydrogen (secondary N) is 1. The molecule has 2 atom stereocenters. The van der Waals surface area contributed by atoms with E-state index in [0.29, 0.717) is 5.92 Å². The zero-order chi connectivity index (χ0) is 9.10. The lowest BCUT2D eigenvalue weighted by molar-refractivity contribution is 0.118. The molecule has 3 nitrogen and oxygen atoms in total. The lowest BCUT2D eigenvalue weighted by Crippen LogP contribution is -2.16. The van der Waals surface area contributed by atoms with E-state index in [1.807, 2.05) is 12.1 Å². The molecule has 2 unspecified atom stereocenters. The highest BCUT2D eigenvalue weighted by Gasteiger charge is 2.23. The summed E-state index contributed by atoms with van der Waals surface area (Å²) < 4.78 is 0. The van der Waals surface area contributed by atoms with Gasteiger partial charge < -0.3 is 10.4 Å². The summed E-state index contributed by atoms with van der Waals surface area (Å²) in [7, 11) is 0. The second-order valence-corrected chi connectivity index (χ2v) is 3.48. The fourth-order valence-electron chi connectivity index (χ4n) is 1.77. The molecule has 0 aromatic carbocycles. The van der Waals surface area contributed by atoms with E-state index in [-0.39, 0.29) is 18.5 Å². The van der Waals surface area contributed by atoms with E-state index < -0.39 is 0 Å². The summed E-state index contributed by atoms with van der Waals surface area (Å²) in [5, 5.41) is 13.2. The fourth-order valence-corrected chi connectivity index (χ4v) is 1.77. The van der Waals surface area contributed by atoms with Gasteiger partial charge in [0.2, 0.25) is 0 Å². The number of aromatic nitrogens is 1. The SMILES string of the molecule is Cl.OC(c1cccnc1)C1CCNC1. The molecular weight excluding hydrogens is 200 g/mol. The van der Waals surface area contributed by atoms with Gasteiger partial charge in [0.15, 0.2) is 0 Å².